The lowest BCUT2D eigenvalue weighted by Gasteiger charge is -2.18. The van der Waals surface area contributed by atoms with Gasteiger partial charge in [0.25, 0.3) is 0 Å². The lowest BCUT2D eigenvalue weighted by atomic mass is 10.2. The number of nitrogens with two attached hydrogens (primary N) is 2. The Morgan fingerprint density at radius 1 is 0.821 bits per heavy atom. The Hall–Kier alpha value is -4.67. The largest absolute Gasteiger partial charge is 0.494 e. The second-order valence-electron chi connectivity index (χ2n) is 8.13. The first kappa shape index (κ1) is 28.9. The smallest absolute Gasteiger partial charge is 0.426 e. The van der Waals surface area contributed by atoms with Gasteiger partial charge >= 0.3 is 18.0 Å². The summed E-state index contributed by atoms with van der Waals surface area (Å²) in [5.41, 5.74) is 12.2. The van der Waals surface area contributed by atoms with E-state index in [1.54, 1.807) is 0 Å². The molecule has 0 heterocycles. The first-order valence-corrected chi connectivity index (χ1v) is 11.8. The minimum Gasteiger partial charge on any atom is -0.494 e. The van der Waals surface area contributed by atoms with Gasteiger partial charge in [0.1, 0.15) is 24.7 Å². The number of carbonyl (C=O) groups excluding carboxylic acids is 2. The summed E-state index contributed by atoms with van der Waals surface area (Å²) in [6.07, 6.45) is -0.829. The summed E-state index contributed by atoms with van der Waals surface area (Å²) in [5.74, 6) is -1.10. The normalized spacial score (nSPS) is 11.3. The Morgan fingerprint density at radius 2 is 1.44 bits per heavy atom. The lowest BCUT2D eigenvalue weighted by molar-refractivity contribution is -0.185. The van der Waals surface area contributed by atoms with Crippen LogP contribution in [0, 0.1) is 0 Å². The molecule has 3 aromatic rings. The van der Waals surface area contributed by atoms with E-state index in [1.807, 2.05) is 0 Å². The van der Waals surface area contributed by atoms with Gasteiger partial charge in [-0.05, 0) is 66.2 Å². The van der Waals surface area contributed by atoms with Crippen molar-refractivity contribution < 1.29 is 41.7 Å². The van der Waals surface area contributed by atoms with Gasteiger partial charge in [0, 0.05) is 23.9 Å². The number of nitrogen functional groups attached to an aromatic ring is 2. The molecule has 0 atom stereocenters. The highest BCUT2D eigenvalue weighted by molar-refractivity contribution is 5.91. The van der Waals surface area contributed by atoms with Gasteiger partial charge in [-0.15, -0.1) is 0 Å². The summed E-state index contributed by atoms with van der Waals surface area (Å²) in [5, 5.41) is 0. The number of ether oxygens (including phenoxy) is 4. The zero-order valence-electron chi connectivity index (χ0n) is 20.8. The fourth-order valence-corrected chi connectivity index (χ4v) is 3.21. The molecular formula is C28H27F3N2O6. The monoisotopic (exact) mass is 544 g/mol. The second-order valence-corrected chi connectivity index (χ2v) is 8.13. The number of alkyl halides is 3. The van der Waals surface area contributed by atoms with E-state index in [2.05, 4.69) is 0 Å². The summed E-state index contributed by atoms with van der Waals surface area (Å²) in [4.78, 5) is 23.9. The first-order chi connectivity index (χ1) is 18.7. The van der Waals surface area contributed by atoms with Gasteiger partial charge in [-0.2, -0.15) is 8.78 Å². The van der Waals surface area contributed by atoms with Crippen molar-refractivity contribution >= 4 is 29.4 Å². The molecule has 0 aliphatic carbocycles. The van der Waals surface area contributed by atoms with Gasteiger partial charge < -0.3 is 30.4 Å². The van der Waals surface area contributed by atoms with Gasteiger partial charge in [0.15, 0.2) is 0 Å². The number of hydrogen-bond acceptors (Lipinski definition) is 8. The van der Waals surface area contributed by atoms with Crippen molar-refractivity contribution in [2.45, 2.75) is 12.5 Å². The maximum absolute atomic E-state index is 14.5. The third-order valence-corrected chi connectivity index (χ3v) is 5.05. The minimum atomic E-state index is -3.61. The number of hydrogen-bond donors (Lipinski definition) is 2. The molecule has 0 bridgehead atoms. The molecule has 8 nitrogen and oxygen atoms in total. The fraction of sp³-hybridized carbons (Fsp3) is 0.214. The van der Waals surface area contributed by atoms with Gasteiger partial charge in [0.05, 0.1) is 24.4 Å². The summed E-state index contributed by atoms with van der Waals surface area (Å²) in [6, 6.07) is 15.0. The fourth-order valence-electron chi connectivity index (χ4n) is 3.21. The van der Waals surface area contributed by atoms with E-state index < -0.39 is 24.7 Å². The van der Waals surface area contributed by atoms with Crippen LogP contribution in [0.3, 0.4) is 0 Å². The van der Waals surface area contributed by atoms with Crippen molar-refractivity contribution in [2.75, 3.05) is 38.0 Å². The topological polar surface area (TPSA) is 123 Å². The first-order valence-electron chi connectivity index (χ1n) is 11.8. The van der Waals surface area contributed by atoms with Gasteiger partial charge in [0.2, 0.25) is 0 Å². The Labute approximate surface area is 222 Å². The maximum atomic E-state index is 14.5. The molecule has 0 saturated heterocycles. The molecule has 3 rings (SSSR count). The molecule has 3 aromatic carbocycles. The van der Waals surface area contributed by atoms with Crippen molar-refractivity contribution in [3.63, 3.8) is 0 Å². The molecule has 0 aliphatic heterocycles. The van der Waals surface area contributed by atoms with Crippen LogP contribution in [0.5, 0.6) is 11.5 Å². The SMILES string of the molecule is Nc1cc(N)cc(C(=O)OCCOC(=O)C=Cc2ccc(OC(F)(F)c3ccc(OCCCF)cc3)cc2)c1. The predicted octanol–water partition coefficient (Wildman–Crippen LogP) is 5.13. The van der Waals surface area contributed by atoms with Crippen LogP contribution in [0.25, 0.3) is 6.08 Å². The van der Waals surface area contributed by atoms with Crippen molar-refractivity contribution in [2.24, 2.45) is 0 Å². The number of benzene rings is 3. The molecule has 0 amide bonds. The summed E-state index contributed by atoms with van der Waals surface area (Å²) >= 11 is 0. The quantitative estimate of drug-likeness (QED) is 0.131. The average molecular weight is 545 g/mol. The molecule has 0 saturated carbocycles. The highest BCUT2D eigenvalue weighted by Crippen LogP contribution is 2.32. The Balaban J connectivity index is 1.43. The number of halogens is 3. The van der Waals surface area contributed by atoms with E-state index in [0.29, 0.717) is 22.7 Å². The highest BCUT2D eigenvalue weighted by atomic mass is 19.3. The standard InChI is InChI=1S/C28H27F3N2O6/c29-12-1-13-36-24-9-5-21(6-10-24)28(30,31)39-25-7-2-19(3-8-25)4-11-26(34)37-14-15-38-27(35)20-16-22(32)18-23(33)17-20/h2-11,16-18H,1,12-15,32-33H2. The van der Waals surface area contributed by atoms with Crippen LogP contribution in [0.2, 0.25) is 0 Å². The molecule has 206 valence electrons. The third kappa shape index (κ3) is 9.29. The molecule has 4 N–H and O–H groups in total. The molecule has 0 unspecified atom stereocenters. The van der Waals surface area contributed by atoms with Gasteiger partial charge in [-0.1, -0.05) is 12.1 Å². The van der Waals surface area contributed by atoms with Crippen LogP contribution in [0.4, 0.5) is 24.5 Å². The van der Waals surface area contributed by atoms with Crippen LogP contribution in [0.1, 0.15) is 27.9 Å². The molecule has 0 spiro atoms. The number of anilines is 2. The second kappa shape index (κ2) is 13.8. The molecule has 39 heavy (non-hydrogen) atoms. The average Bonchev–Trinajstić information content (AvgIpc) is 2.90. The summed E-state index contributed by atoms with van der Waals surface area (Å²) in [6.45, 7) is -0.732. The van der Waals surface area contributed by atoms with Crippen LogP contribution in [0.15, 0.2) is 72.8 Å². The lowest BCUT2D eigenvalue weighted by Crippen LogP contribution is -2.21. The van der Waals surface area contributed by atoms with Crippen LogP contribution in [-0.4, -0.2) is 38.4 Å². The highest BCUT2D eigenvalue weighted by Gasteiger charge is 2.34. The zero-order valence-corrected chi connectivity index (χ0v) is 20.8. The van der Waals surface area contributed by atoms with E-state index in [0.717, 1.165) is 6.08 Å². The Kier molecular flexibility index (Phi) is 10.2. The predicted molar refractivity (Wildman–Crippen MR) is 139 cm³/mol. The van der Waals surface area contributed by atoms with E-state index in [4.69, 9.17) is 30.4 Å². The van der Waals surface area contributed by atoms with Crippen molar-refractivity contribution in [3.05, 3.63) is 89.5 Å². The summed E-state index contributed by atoms with van der Waals surface area (Å²) in [7, 11) is 0. The Bertz CT molecular complexity index is 1260. The molecule has 0 aliphatic rings. The number of rotatable bonds is 13. The van der Waals surface area contributed by atoms with Gasteiger partial charge in [-0.25, -0.2) is 9.59 Å². The molecular weight excluding hydrogens is 517 g/mol. The summed E-state index contributed by atoms with van der Waals surface area (Å²) < 4.78 is 61.3. The van der Waals surface area contributed by atoms with Crippen molar-refractivity contribution in [1.82, 2.24) is 0 Å². The van der Waals surface area contributed by atoms with E-state index in [-0.39, 0.29) is 43.1 Å². The molecule has 0 aromatic heterocycles. The van der Waals surface area contributed by atoms with Crippen LogP contribution >= 0.6 is 0 Å². The minimum absolute atomic E-state index is 0.0910. The number of esters is 2. The molecule has 11 heteroatoms. The maximum Gasteiger partial charge on any atom is 0.426 e. The van der Waals surface area contributed by atoms with E-state index in [1.165, 1.54) is 72.8 Å². The van der Waals surface area contributed by atoms with Crippen LogP contribution in [-0.2, 0) is 20.4 Å². The van der Waals surface area contributed by atoms with E-state index >= 15 is 0 Å². The van der Waals surface area contributed by atoms with Crippen molar-refractivity contribution in [1.29, 1.82) is 0 Å². The number of carbonyl (C=O) groups is 2. The Morgan fingerprint density at radius 3 is 2.08 bits per heavy atom. The van der Waals surface area contributed by atoms with Crippen molar-refractivity contribution in [3.8, 4) is 11.5 Å². The van der Waals surface area contributed by atoms with Gasteiger partial charge in [-0.3, -0.25) is 4.39 Å². The molecule has 0 fully saturated rings. The van der Waals surface area contributed by atoms with Crippen LogP contribution < -0.4 is 20.9 Å². The van der Waals surface area contributed by atoms with E-state index in [9.17, 15) is 22.8 Å². The zero-order chi connectivity index (χ0) is 28.3. The third-order valence-electron chi connectivity index (χ3n) is 5.05. The molecule has 0 radical (unpaired) electrons.